The summed E-state index contributed by atoms with van der Waals surface area (Å²) in [5.41, 5.74) is 1.94. The van der Waals surface area contributed by atoms with Crippen molar-refractivity contribution in [2.24, 2.45) is 4.99 Å². The summed E-state index contributed by atoms with van der Waals surface area (Å²) in [7, 11) is -1.30. The van der Waals surface area contributed by atoms with Crippen molar-refractivity contribution in [1.82, 2.24) is 4.98 Å². The molecule has 0 bridgehead atoms. The van der Waals surface area contributed by atoms with E-state index in [0.717, 1.165) is 11.4 Å². The Kier molecular flexibility index (Phi) is 4.64. The molecule has 0 atom stereocenters. The first-order valence-electron chi connectivity index (χ1n) is 7.69. The van der Waals surface area contributed by atoms with Crippen LogP contribution in [-0.2, 0) is 0 Å². The lowest BCUT2D eigenvalue weighted by Crippen LogP contribution is -2.13. The average molecular weight is 337 g/mol. The quantitative estimate of drug-likeness (QED) is 0.437. The van der Waals surface area contributed by atoms with Crippen LogP contribution in [0.5, 0.6) is 0 Å². The molecule has 2 aromatic carbocycles. The van der Waals surface area contributed by atoms with Crippen molar-refractivity contribution in [3.05, 3.63) is 66.5 Å². The Morgan fingerprint density at radius 1 is 0.957 bits per heavy atom. The lowest BCUT2D eigenvalue weighted by atomic mass is 10.1. The summed E-state index contributed by atoms with van der Waals surface area (Å²) in [5.74, 6) is 0. The normalized spacial score (nSPS) is 12.1. The van der Waals surface area contributed by atoms with Crippen LogP contribution >= 0.6 is 11.2 Å². The van der Waals surface area contributed by atoms with Crippen LogP contribution in [0.1, 0.15) is 5.69 Å². The van der Waals surface area contributed by atoms with Gasteiger partial charge in [0.1, 0.15) is 7.22 Å². The topological polar surface area (TPSA) is 25.2 Å². The zero-order chi connectivity index (χ0) is 16.3. The largest absolute Gasteiger partial charge is 0.255 e. The number of fused-ring (bicyclic) bond motifs is 1. The molecule has 1 aromatic heterocycles. The lowest BCUT2D eigenvalue weighted by Gasteiger charge is -2.17. The van der Waals surface area contributed by atoms with Crippen molar-refractivity contribution in [2.75, 3.05) is 0 Å². The molecule has 0 aliphatic heterocycles. The predicted molar refractivity (Wildman–Crippen MR) is 105 cm³/mol. The Bertz CT molecular complexity index is 839. The Morgan fingerprint density at radius 2 is 1.74 bits per heavy atom. The summed E-state index contributed by atoms with van der Waals surface area (Å²) < 4.78 is 0. The van der Waals surface area contributed by atoms with E-state index in [1.807, 2.05) is 35.6 Å². The van der Waals surface area contributed by atoms with Crippen LogP contribution in [0, 0.1) is 0 Å². The SMILES string of the molecule is C[Si](C)(C)Sc1ccc2ccccc2c1/N=C/c1ccccn1. The van der Waals surface area contributed by atoms with Gasteiger partial charge in [0, 0.05) is 16.5 Å². The van der Waals surface area contributed by atoms with Gasteiger partial charge in [-0.3, -0.25) is 9.98 Å². The number of pyridine rings is 1. The number of hydrogen-bond donors (Lipinski definition) is 0. The molecule has 0 spiro atoms. The minimum Gasteiger partial charge on any atom is -0.255 e. The second kappa shape index (κ2) is 6.68. The molecule has 0 saturated carbocycles. The zero-order valence-electron chi connectivity index (χ0n) is 13.7. The number of benzene rings is 2. The van der Waals surface area contributed by atoms with E-state index in [0.29, 0.717) is 0 Å². The fourth-order valence-electron chi connectivity index (χ4n) is 2.36. The lowest BCUT2D eigenvalue weighted by molar-refractivity contribution is 1.30. The summed E-state index contributed by atoms with van der Waals surface area (Å²) in [6, 6.07) is 18.7. The number of rotatable bonds is 4. The average Bonchev–Trinajstić information content (AvgIpc) is 2.53. The van der Waals surface area contributed by atoms with E-state index in [1.54, 1.807) is 6.20 Å². The van der Waals surface area contributed by atoms with Crippen molar-refractivity contribution in [3.8, 4) is 0 Å². The molecule has 0 fully saturated rings. The van der Waals surface area contributed by atoms with Crippen LogP contribution in [0.2, 0.25) is 19.6 Å². The van der Waals surface area contributed by atoms with Crippen LogP contribution in [0.25, 0.3) is 10.8 Å². The Balaban J connectivity index is 2.11. The van der Waals surface area contributed by atoms with Crippen LogP contribution < -0.4 is 0 Å². The van der Waals surface area contributed by atoms with Gasteiger partial charge in [0.2, 0.25) is 0 Å². The molecule has 0 aliphatic rings. The molecule has 116 valence electrons. The molecule has 0 saturated heterocycles. The van der Waals surface area contributed by atoms with Crippen LogP contribution in [0.4, 0.5) is 5.69 Å². The predicted octanol–water partition coefficient (Wildman–Crippen LogP) is 5.91. The highest BCUT2D eigenvalue weighted by atomic mass is 32.4. The van der Waals surface area contributed by atoms with Gasteiger partial charge in [-0.25, -0.2) is 0 Å². The van der Waals surface area contributed by atoms with Crippen molar-refractivity contribution >= 4 is 41.1 Å². The van der Waals surface area contributed by atoms with Gasteiger partial charge < -0.3 is 0 Å². The molecule has 2 nitrogen and oxygen atoms in total. The number of hydrogen-bond acceptors (Lipinski definition) is 3. The Morgan fingerprint density at radius 3 is 2.48 bits per heavy atom. The van der Waals surface area contributed by atoms with E-state index in [1.165, 1.54) is 15.7 Å². The highest BCUT2D eigenvalue weighted by Gasteiger charge is 2.18. The number of aromatic nitrogens is 1. The summed E-state index contributed by atoms with van der Waals surface area (Å²) >= 11 is 1.98. The standard InChI is InChI=1S/C19H20N2SSi/c1-23(2,3)22-18-12-11-15-8-4-5-10-17(15)19(18)21-14-16-9-6-7-13-20-16/h4-14H,1-3H3/b21-14+. The van der Waals surface area contributed by atoms with Gasteiger partial charge in [-0.05, 0) is 23.6 Å². The first-order chi connectivity index (χ1) is 11.0. The molecule has 0 amide bonds. The van der Waals surface area contributed by atoms with Crippen LogP contribution in [0.15, 0.2) is 70.7 Å². The van der Waals surface area contributed by atoms with Gasteiger partial charge in [0.05, 0.1) is 17.6 Å². The van der Waals surface area contributed by atoms with Crippen molar-refractivity contribution < 1.29 is 0 Å². The molecule has 3 aromatic rings. The van der Waals surface area contributed by atoms with E-state index in [9.17, 15) is 0 Å². The Labute approximate surface area is 142 Å². The smallest absolute Gasteiger partial charge is 0.114 e. The molecule has 4 heteroatoms. The minimum absolute atomic E-state index is 0.879. The molecule has 0 N–H and O–H groups in total. The third-order valence-corrected chi connectivity index (χ3v) is 6.95. The maximum absolute atomic E-state index is 4.80. The van der Waals surface area contributed by atoms with Crippen molar-refractivity contribution in [2.45, 2.75) is 24.5 Å². The van der Waals surface area contributed by atoms with Crippen molar-refractivity contribution in [3.63, 3.8) is 0 Å². The van der Waals surface area contributed by atoms with Gasteiger partial charge in [-0.15, -0.1) is 11.2 Å². The second-order valence-corrected chi connectivity index (χ2v) is 15.5. The summed E-state index contributed by atoms with van der Waals surface area (Å²) in [6.45, 7) is 7.08. The van der Waals surface area contributed by atoms with Gasteiger partial charge in [0.15, 0.2) is 0 Å². The zero-order valence-corrected chi connectivity index (χ0v) is 15.5. The molecule has 0 unspecified atom stereocenters. The summed E-state index contributed by atoms with van der Waals surface area (Å²) in [5, 5.41) is 2.42. The maximum Gasteiger partial charge on any atom is 0.114 e. The summed E-state index contributed by atoms with van der Waals surface area (Å²) in [6.07, 6.45) is 3.65. The summed E-state index contributed by atoms with van der Waals surface area (Å²) in [4.78, 5) is 10.4. The number of aliphatic imine (C=N–C) groups is 1. The highest BCUT2D eigenvalue weighted by molar-refractivity contribution is 8.28. The van der Waals surface area contributed by atoms with E-state index in [-0.39, 0.29) is 0 Å². The van der Waals surface area contributed by atoms with E-state index < -0.39 is 7.22 Å². The monoisotopic (exact) mass is 336 g/mol. The van der Waals surface area contributed by atoms with Crippen LogP contribution in [0.3, 0.4) is 0 Å². The first-order valence-corrected chi connectivity index (χ1v) is 12.7. The third-order valence-electron chi connectivity index (χ3n) is 3.29. The highest BCUT2D eigenvalue weighted by Crippen LogP contribution is 2.40. The first kappa shape index (κ1) is 16.0. The minimum atomic E-state index is -1.30. The Hall–Kier alpha value is -1.91. The second-order valence-electron chi connectivity index (χ2n) is 6.36. The fraction of sp³-hybridized carbons (Fsp3) is 0.158. The fourth-order valence-corrected chi connectivity index (χ4v) is 5.89. The van der Waals surface area contributed by atoms with Gasteiger partial charge in [-0.2, -0.15) is 0 Å². The van der Waals surface area contributed by atoms with E-state index in [4.69, 9.17) is 4.99 Å². The van der Waals surface area contributed by atoms with Gasteiger partial charge in [-0.1, -0.05) is 56.0 Å². The molecule has 23 heavy (non-hydrogen) atoms. The molecule has 0 radical (unpaired) electrons. The molecule has 3 rings (SSSR count). The van der Waals surface area contributed by atoms with Gasteiger partial charge >= 0.3 is 0 Å². The van der Waals surface area contributed by atoms with Gasteiger partial charge in [0.25, 0.3) is 0 Å². The molecule has 0 aliphatic carbocycles. The molecular formula is C19H20N2SSi. The van der Waals surface area contributed by atoms with E-state index in [2.05, 4.69) is 61.0 Å². The van der Waals surface area contributed by atoms with Crippen LogP contribution in [-0.4, -0.2) is 18.4 Å². The third kappa shape index (κ3) is 4.09. The maximum atomic E-state index is 4.80. The van der Waals surface area contributed by atoms with E-state index >= 15 is 0 Å². The van der Waals surface area contributed by atoms with Crippen molar-refractivity contribution in [1.29, 1.82) is 0 Å². The number of nitrogens with zero attached hydrogens (tertiary/aromatic N) is 2. The molecule has 1 heterocycles. The molecular weight excluding hydrogens is 316 g/mol.